The van der Waals surface area contributed by atoms with Gasteiger partial charge in [0.2, 0.25) is 0 Å². The highest BCUT2D eigenvalue weighted by atomic mass is 31.2. The molecular weight excluding hydrogens is 1340 g/mol. The van der Waals surface area contributed by atoms with Crippen molar-refractivity contribution < 1.29 is 80.2 Å². The second kappa shape index (κ2) is 75.5. The Kier molecular flexibility index (Phi) is 74.1. The third-order valence-corrected chi connectivity index (χ3v) is 22.0. The highest BCUT2D eigenvalue weighted by molar-refractivity contribution is 7.47. The van der Waals surface area contributed by atoms with E-state index in [1.54, 1.807) is 0 Å². The summed E-state index contributed by atoms with van der Waals surface area (Å²) in [6.07, 6.45) is 66.7. The fraction of sp³-hybridized carbons (Fsp3) is 0.952. The van der Waals surface area contributed by atoms with E-state index in [1.807, 2.05) is 0 Å². The summed E-state index contributed by atoms with van der Waals surface area (Å²) in [5.74, 6) is -0.471. The van der Waals surface area contributed by atoms with E-state index < -0.39 is 97.5 Å². The van der Waals surface area contributed by atoms with Gasteiger partial charge in [-0.15, -0.1) is 0 Å². The zero-order valence-electron chi connectivity index (χ0n) is 67.6. The summed E-state index contributed by atoms with van der Waals surface area (Å²) in [5, 5.41) is 10.7. The Balaban J connectivity index is 5.19. The van der Waals surface area contributed by atoms with Crippen molar-refractivity contribution in [1.82, 2.24) is 0 Å². The molecule has 0 saturated carbocycles. The van der Waals surface area contributed by atoms with Crippen molar-refractivity contribution in [3.05, 3.63) is 0 Å². The molecule has 0 spiro atoms. The molecule has 19 heteroatoms. The maximum Gasteiger partial charge on any atom is 0.472 e. The third kappa shape index (κ3) is 76.6. The van der Waals surface area contributed by atoms with Crippen molar-refractivity contribution in [1.29, 1.82) is 0 Å². The number of hydrogen-bond donors (Lipinski definition) is 3. The minimum absolute atomic E-state index is 0.107. The van der Waals surface area contributed by atoms with Crippen LogP contribution in [0.3, 0.4) is 0 Å². The lowest BCUT2D eigenvalue weighted by Gasteiger charge is -2.21. The summed E-state index contributed by atoms with van der Waals surface area (Å²) in [5.41, 5.74) is 0. The van der Waals surface area contributed by atoms with Crippen LogP contribution in [0.25, 0.3) is 0 Å². The highest BCUT2D eigenvalue weighted by Crippen LogP contribution is 2.45. The predicted octanol–water partition coefficient (Wildman–Crippen LogP) is 25.5. The summed E-state index contributed by atoms with van der Waals surface area (Å²) >= 11 is 0. The number of carbonyl (C=O) groups is 4. The quantitative estimate of drug-likeness (QED) is 0.0222. The molecule has 612 valence electrons. The van der Waals surface area contributed by atoms with Crippen LogP contribution in [-0.4, -0.2) is 96.7 Å². The number of phosphoric ester groups is 2. The van der Waals surface area contributed by atoms with Gasteiger partial charge in [-0.3, -0.25) is 37.3 Å². The Bertz CT molecular complexity index is 1980. The number of hydrogen-bond acceptors (Lipinski definition) is 15. The number of ether oxygens (including phenoxy) is 4. The number of carbonyl (C=O) groups excluding carboxylic acids is 4. The maximum atomic E-state index is 13.1. The highest BCUT2D eigenvalue weighted by Gasteiger charge is 2.30. The molecule has 3 unspecified atom stereocenters. The zero-order chi connectivity index (χ0) is 75.6. The summed E-state index contributed by atoms with van der Waals surface area (Å²) in [6.45, 7) is 9.70. The lowest BCUT2D eigenvalue weighted by atomic mass is 9.99. The van der Waals surface area contributed by atoms with Crippen LogP contribution >= 0.6 is 15.6 Å². The van der Waals surface area contributed by atoms with Gasteiger partial charge in [-0.2, -0.15) is 0 Å². The first-order chi connectivity index (χ1) is 49.9. The van der Waals surface area contributed by atoms with Crippen LogP contribution in [0, 0.1) is 11.8 Å². The SMILES string of the molecule is CCCCCCCCCCCCCCCCCCCCCCCC(=O)O[C@H](COC(=O)CCCCCCCCCCCCCCCCC(C)CC)COP(=O)(O)OC[C@@H](O)COP(=O)(O)OC[C@@H](COC(=O)CCCCCCCCCC)OC(=O)CCCCCCCCCCCCCCCC(C)C. The zero-order valence-corrected chi connectivity index (χ0v) is 69.4. The van der Waals surface area contributed by atoms with Crippen LogP contribution in [-0.2, 0) is 65.4 Å². The van der Waals surface area contributed by atoms with Crippen LogP contribution in [0.2, 0.25) is 0 Å². The van der Waals surface area contributed by atoms with Crippen molar-refractivity contribution in [2.75, 3.05) is 39.6 Å². The molecule has 0 aliphatic heterocycles. The van der Waals surface area contributed by atoms with E-state index in [-0.39, 0.29) is 25.7 Å². The summed E-state index contributed by atoms with van der Waals surface area (Å²) in [4.78, 5) is 73.0. The Morgan fingerprint density at radius 1 is 0.282 bits per heavy atom. The average molecular weight is 1510 g/mol. The second-order valence-electron chi connectivity index (χ2n) is 30.9. The van der Waals surface area contributed by atoms with E-state index in [4.69, 9.17) is 37.0 Å². The van der Waals surface area contributed by atoms with Gasteiger partial charge in [-0.05, 0) is 37.5 Å². The van der Waals surface area contributed by atoms with Crippen molar-refractivity contribution in [3.8, 4) is 0 Å². The minimum Gasteiger partial charge on any atom is -0.462 e. The molecule has 0 amide bonds. The standard InChI is InChI=1S/C84H164O17P2/c1-7-10-12-14-16-18-19-20-21-22-23-24-25-26-27-34-39-44-50-56-62-68-84(89)101-80(73-95-82(87)67-61-55-49-43-38-33-29-28-32-37-42-47-53-59-65-77(6)9-3)75-99-103(92,93)97-71-78(85)70-96-102(90,91)98-74-79(72-94-81(86)66-60-54-48-17-15-13-11-8-2)100-83(88)69-63-57-51-45-40-35-30-31-36-41-46-52-58-64-76(4)5/h76-80,85H,7-75H2,1-6H3,(H,90,91)(H,92,93)/t77?,78-,79+,80+/m0/s1. The second-order valence-corrected chi connectivity index (χ2v) is 33.8. The Morgan fingerprint density at radius 2 is 0.495 bits per heavy atom. The lowest BCUT2D eigenvalue weighted by Crippen LogP contribution is -2.30. The van der Waals surface area contributed by atoms with Gasteiger partial charge in [0.1, 0.15) is 19.3 Å². The molecule has 0 saturated heterocycles. The van der Waals surface area contributed by atoms with Gasteiger partial charge in [0.25, 0.3) is 0 Å². The number of phosphoric acid groups is 2. The topological polar surface area (TPSA) is 237 Å². The van der Waals surface area contributed by atoms with Crippen LogP contribution in [0.4, 0.5) is 0 Å². The van der Waals surface area contributed by atoms with Crippen molar-refractivity contribution in [3.63, 3.8) is 0 Å². The molecule has 0 aliphatic carbocycles. The lowest BCUT2D eigenvalue weighted by molar-refractivity contribution is -0.161. The Labute approximate surface area is 632 Å². The number of unbranched alkanes of at least 4 members (excludes halogenated alkanes) is 52. The Hall–Kier alpha value is -1.94. The molecular formula is C84H164O17P2. The van der Waals surface area contributed by atoms with Gasteiger partial charge in [-0.25, -0.2) is 9.13 Å². The van der Waals surface area contributed by atoms with Gasteiger partial charge in [0.05, 0.1) is 26.4 Å². The molecule has 3 N–H and O–H groups in total. The van der Waals surface area contributed by atoms with E-state index in [2.05, 4.69) is 41.5 Å². The number of aliphatic hydroxyl groups is 1. The van der Waals surface area contributed by atoms with Crippen LogP contribution in [0.15, 0.2) is 0 Å². The first-order valence-corrected chi connectivity index (χ1v) is 46.5. The van der Waals surface area contributed by atoms with Crippen molar-refractivity contribution in [2.24, 2.45) is 11.8 Å². The summed E-state index contributed by atoms with van der Waals surface area (Å²) in [6, 6.07) is 0. The number of rotatable bonds is 83. The average Bonchev–Trinajstić information content (AvgIpc) is 0.957. The van der Waals surface area contributed by atoms with E-state index in [9.17, 15) is 43.2 Å². The summed E-state index contributed by atoms with van der Waals surface area (Å²) in [7, 11) is -9.92. The molecule has 0 aromatic heterocycles. The van der Waals surface area contributed by atoms with Gasteiger partial charge in [-0.1, -0.05) is 395 Å². The molecule has 0 radical (unpaired) electrons. The molecule has 103 heavy (non-hydrogen) atoms. The van der Waals surface area contributed by atoms with Crippen LogP contribution in [0.1, 0.15) is 446 Å². The molecule has 17 nitrogen and oxygen atoms in total. The fourth-order valence-corrected chi connectivity index (χ4v) is 14.6. The molecule has 0 bridgehead atoms. The smallest absolute Gasteiger partial charge is 0.462 e. The van der Waals surface area contributed by atoms with Gasteiger partial charge in [0, 0.05) is 25.7 Å². The van der Waals surface area contributed by atoms with Crippen molar-refractivity contribution in [2.45, 2.75) is 464 Å². The van der Waals surface area contributed by atoms with E-state index >= 15 is 0 Å². The number of esters is 4. The van der Waals surface area contributed by atoms with Gasteiger partial charge >= 0.3 is 39.5 Å². The van der Waals surface area contributed by atoms with Gasteiger partial charge in [0.15, 0.2) is 12.2 Å². The van der Waals surface area contributed by atoms with Crippen molar-refractivity contribution >= 4 is 39.5 Å². The normalized spacial score (nSPS) is 14.1. The maximum absolute atomic E-state index is 13.1. The molecule has 0 aliphatic rings. The number of aliphatic hydroxyl groups excluding tert-OH is 1. The summed E-state index contributed by atoms with van der Waals surface area (Å²) < 4.78 is 68.8. The molecule has 0 fully saturated rings. The predicted molar refractivity (Wildman–Crippen MR) is 423 cm³/mol. The largest absolute Gasteiger partial charge is 0.472 e. The fourth-order valence-electron chi connectivity index (χ4n) is 13.0. The molecule has 6 atom stereocenters. The van der Waals surface area contributed by atoms with E-state index in [1.165, 1.54) is 257 Å². The monoisotopic (exact) mass is 1510 g/mol. The van der Waals surface area contributed by atoms with E-state index in [0.29, 0.717) is 25.7 Å². The molecule has 0 aromatic rings. The first kappa shape index (κ1) is 101. The van der Waals surface area contributed by atoms with Crippen LogP contribution in [0.5, 0.6) is 0 Å². The molecule has 0 rings (SSSR count). The van der Waals surface area contributed by atoms with Crippen LogP contribution < -0.4 is 0 Å². The van der Waals surface area contributed by atoms with Gasteiger partial charge < -0.3 is 33.8 Å². The molecule has 0 aromatic carbocycles. The Morgan fingerprint density at radius 3 is 0.738 bits per heavy atom. The first-order valence-electron chi connectivity index (χ1n) is 43.5. The van der Waals surface area contributed by atoms with E-state index in [0.717, 1.165) is 108 Å². The minimum atomic E-state index is -4.96. The molecule has 0 heterocycles. The third-order valence-electron chi connectivity index (χ3n) is 20.1.